The van der Waals surface area contributed by atoms with Crippen LogP contribution in [0, 0.1) is 12.7 Å². The summed E-state index contributed by atoms with van der Waals surface area (Å²) >= 11 is 0. The van der Waals surface area contributed by atoms with Crippen LogP contribution in [0.5, 0.6) is 0 Å². The van der Waals surface area contributed by atoms with Crippen molar-refractivity contribution in [2.75, 3.05) is 26.2 Å². The minimum Gasteiger partial charge on any atom is -0.357 e. The summed E-state index contributed by atoms with van der Waals surface area (Å²) in [5.74, 6) is -0.440. The number of guanidine groups is 1. The fourth-order valence-electron chi connectivity index (χ4n) is 2.14. The highest BCUT2D eigenvalue weighted by Gasteiger charge is 2.13. The molecular formula is C19H31FIN5O2. The number of amides is 2. The maximum absolute atomic E-state index is 13.5. The van der Waals surface area contributed by atoms with E-state index in [4.69, 9.17) is 0 Å². The van der Waals surface area contributed by atoms with Crippen molar-refractivity contribution >= 4 is 41.8 Å². The Labute approximate surface area is 183 Å². The number of hydrogen-bond acceptors (Lipinski definition) is 3. The zero-order valence-electron chi connectivity index (χ0n) is 17.1. The van der Waals surface area contributed by atoms with Gasteiger partial charge >= 0.3 is 0 Å². The van der Waals surface area contributed by atoms with Gasteiger partial charge in [-0.15, -0.1) is 24.0 Å². The summed E-state index contributed by atoms with van der Waals surface area (Å²) in [6, 6.07) is 4.37. The third-order valence-corrected chi connectivity index (χ3v) is 3.38. The molecule has 0 bridgehead atoms. The fraction of sp³-hybridized carbons (Fsp3) is 0.526. The zero-order valence-corrected chi connectivity index (χ0v) is 19.4. The molecule has 0 spiro atoms. The van der Waals surface area contributed by atoms with Gasteiger partial charge in [0.2, 0.25) is 5.91 Å². The summed E-state index contributed by atoms with van der Waals surface area (Å²) < 4.78 is 13.5. The van der Waals surface area contributed by atoms with Gasteiger partial charge in [0.15, 0.2) is 5.96 Å². The Morgan fingerprint density at radius 1 is 1.11 bits per heavy atom. The molecule has 7 nitrogen and oxygen atoms in total. The van der Waals surface area contributed by atoms with Gasteiger partial charge in [-0.25, -0.2) is 9.38 Å². The number of carbonyl (C=O) groups is 2. The van der Waals surface area contributed by atoms with Gasteiger partial charge in [-0.1, -0.05) is 6.07 Å². The lowest BCUT2D eigenvalue weighted by molar-refractivity contribution is -0.121. The summed E-state index contributed by atoms with van der Waals surface area (Å²) in [4.78, 5) is 28.1. The van der Waals surface area contributed by atoms with Crippen molar-refractivity contribution in [2.45, 2.75) is 40.2 Å². The highest BCUT2D eigenvalue weighted by Crippen LogP contribution is 2.08. The number of benzene rings is 1. The third kappa shape index (κ3) is 10.4. The predicted molar refractivity (Wildman–Crippen MR) is 121 cm³/mol. The minimum atomic E-state index is -0.407. The molecule has 1 aromatic rings. The molecule has 28 heavy (non-hydrogen) atoms. The number of rotatable bonds is 7. The van der Waals surface area contributed by atoms with E-state index in [1.54, 1.807) is 19.1 Å². The van der Waals surface area contributed by atoms with E-state index >= 15 is 0 Å². The third-order valence-electron chi connectivity index (χ3n) is 3.38. The van der Waals surface area contributed by atoms with Crippen molar-refractivity contribution in [2.24, 2.45) is 4.99 Å². The van der Waals surface area contributed by atoms with Crippen molar-refractivity contribution in [1.82, 2.24) is 21.3 Å². The Balaban J connectivity index is 0.00000729. The molecule has 2 amide bonds. The quantitative estimate of drug-likeness (QED) is 0.197. The Morgan fingerprint density at radius 3 is 2.32 bits per heavy atom. The van der Waals surface area contributed by atoms with Crippen molar-refractivity contribution in [3.63, 3.8) is 0 Å². The van der Waals surface area contributed by atoms with Gasteiger partial charge in [0, 0.05) is 30.7 Å². The van der Waals surface area contributed by atoms with Gasteiger partial charge in [0.25, 0.3) is 5.91 Å². The first-order valence-corrected chi connectivity index (χ1v) is 9.00. The summed E-state index contributed by atoms with van der Waals surface area (Å²) in [6.45, 7) is 10.6. The van der Waals surface area contributed by atoms with Crippen LogP contribution in [0.3, 0.4) is 0 Å². The first-order chi connectivity index (χ1) is 12.6. The molecule has 0 fully saturated rings. The lowest BCUT2D eigenvalue weighted by Gasteiger charge is -2.20. The average Bonchev–Trinajstić information content (AvgIpc) is 2.57. The minimum absolute atomic E-state index is 0. The Morgan fingerprint density at radius 2 is 1.75 bits per heavy atom. The molecule has 4 N–H and O–H groups in total. The molecule has 0 aliphatic heterocycles. The number of halogens is 2. The van der Waals surface area contributed by atoms with E-state index in [0.717, 1.165) is 0 Å². The Kier molecular flexibility index (Phi) is 11.7. The molecule has 0 unspecified atom stereocenters. The summed E-state index contributed by atoms with van der Waals surface area (Å²) in [5, 5.41) is 11.6. The van der Waals surface area contributed by atoms with E-state index in [9.17, 15) is 14.0 Å². The first-order valence-electron chi connectivity index (χ1n) is 9.00. The molecule has 0 saturated carbocycles. The summed E-state index contributed by atoms with van der Waals surface area (Å²) in [7, 11) is 0. The van der Waals surface area contributed by atoms with Crippen LogP contribution in [0.2, 0.25) is 0 Å². The zero-order chi connectivity index (χ0) is 20.4. The van der Waals surface area contributed by atoms with E-state index in [2.05, 4.69) is 26.3 Å². The van der Waals surface area contributed by atoms with Crippen LogP contribution in [0.4, 0.5) is 4.39 Å². The van der Waals surface area contributed by atoms with Gasteiger partial charge in [0.05, 0.1) is 0 Å². The maximum atomic E-state index is 13.5. The van der Waals surface area contributed by atoms with Crippen molar-refractivity contribution in [1.29, 1.82) is 0 Å². The molecule has 158 valence electrons. The van der Waals surface area contributed by atoms with Gasteiger partial charge in [-0.2, -0.15) is 0 Å². The number of aliphatic imine (C=N–C) groups is 1. The van der Waals surface area contributed by atoms with Gasteiger partial charge in [-0.3, -0.25) is 9.59 Å². The molecular weight excluding hydrogens is 476 g/mol. The summed E-state index contributed by atoms with van der Waals surface area (Å²) in [6.07, 6.45) is 0. The second kappa shape index (κ2) is 12.5. The highest BCUT2D eigenvalue weighted by atomic mass is 127. The molecule has 9 heteroatoms. The Hall–Kier alpha value is -1.91. The number of hydrogen-bond donors (Lipinski definition) is 4. The molecule has 0 aromatic heterocycles. The maximum Gasteiger partial charge on any atom is 0.251 e. The molecule has 0 aliphatic rings. The standard InChI is InChI=1S/C19H30FN5O2.HI/c1-6-21-18(24-12-16(26)25-19(3,4)5)23-10-9-22-17(27)14-8-7-13(2)15(20)11-14;/h7-8,11H,6,9-10,12H2,1-5H3,(H,22,27)(H,25,26)(H2,21,23,24);1H. The lowest BCUT2D eigenvalue weighted by Crippen LogP contribution is -2.44. The predicted octanol–water partition coefficient (Wildman–Crippen LogP) is 1.95. The SMILES string of the molecule is CCNC(=NCC(=O)NC(C)(C)C)NCCNC(=O)c1ccc(C)c(F)c1.I. The van der Waals surface area contributed by atoms with Crippen LogP contribution in [-0.2, 0) is 4.79 Å². The van der Waals surface area contributed by atoms with Gasteiger partial charge in [0.1, 0.15) is 12.4 Å². The second-order valence-electron chi connectivity index (χ2n) is 7.14. The molecule has 0 saturated heterocycles. The second-order valence-corrected chi connectivity index (χ2v) is 7.14. The molecule has 0 aliphatic carbocycles. The van der Waals surface area contributed by atoms with E-state index < -0.39 is 5.82 Å². The van der Waals surface area contributed by atoms with Crippen LogP contribution in [0.1, 0.15) is 43.6 Å². The van der Waals surface area contributed by atoms with Gasteiger partial charge < -0.3 is 21.3 Å². The van der Waals surface area contributed by atoms with E-state index in [1.165, 1.54) is 6.07 Å². The number of carbonyl (C=O) groups excluding carboxylic acids is 2. The summed E-state index contributed by atoms with van der Waals surface area (Å²) in [5.41, 5.74) is 0.464. The fourth-order valence-corrected chi connectivity index (χ4v) is 2.14. The molecule has 0 radical (unpaired) electrons. The lowest BCUT2D eigenvalue weighted by atomic mass is 10.1. The highest BCUT2D eigenvalue weighted by molar-refractivity contribution is 14.0. The van der Waals surface area contributed by atoms with Crippen LogP contribution < -0.4 is 21.3 Å². The monoisotopic (exact) mass is 507 g/mol. The van der Waals surface area contributed by atoms with Crippen molar-refractivity contribution < 1.29 is 14.0 Å². The number of nitrogens with zero attached hydrogens (tertiary/aromatic N) is 1. The molecule has 1 aromatic carbocycles. The van der Waals surface area contributed by atoms with Crippen LogP contribution in [0.15, 0.2) is 23.2 Å². The molecule has 0 atom stereocenters. The Bertz CT molecular complexity index is 689. The van der Waals surface area contributed by atoms with E-state index in [1.807, 2.05) is 27.7 Å². The normalized spacial score (nSPS) is 11.3. The van der Waals surface area contributed by atoms with Crippen LogP contribution in [-0.4, -0.2) is 49.5 Å². The van der Waals surface area contributed by atoms with E-state index in [-0.39, 0.29) is 53.4 Å². The number of nitrogens with one attached hydrogen (secondary N) is 4. The van der Waals surface area contributed by atoms with Gasteiger partial charge in [-0.05, 0) is 52.3 Å². The smallest absolute Gasteiger partial charge is 0.251 e. The topological polar surface area (TPSA) is 94.6 Å². The number of aryl methyl sites for hydroxylation is 1. The van der Waals surface area contributed by atoms with Crippen LogP contribution >= 0.6 is 24.0 Å². The average molecular weight is 507 g/mol. The first kappa shape index (κ1) is 26.1. The van der Waals surface area contributed by atoms with Crippen molar-refractivity contribution in [3.05, 3.63) is 35.1 Å². The molecule has 0 heterocycles. The molecule has 1 rings (SSSR count). The van der Waals surface area contributed by atoms with E-state index in [0.29, 0.717) is 31.2 Å². The van der Waals surface area contributed by atoms with Crippen LogP contribution in [0.25, 0.3) is 0 Å². The van der Waals surface area contributed by atoms with Crippen molar-refractivity contribution in [3.8, 4) is 0 Å². The largest absolute Gasteiger partial charge is 0.357 e.